The molecule has 0 aliphatic rings. The molecule has 0 aliphatic heterocycles. The smallest absolute Gasteiger partial charge is 0.0631 e. The second kappa shape index (κ2) is 8.59. The van der Waals surface area contributed by atoms with Gasteiger partial charge < -0.3 is 0 Å². The molecule has 0 heterocycles. The minimum absolute atomic E-state index is 0.774. The lowest BCUT2D eigenvalue weighted by atomic mass is 10.9. The predicted octanol–water partition coefficient (Wildman–Crippen LogP) is 3.66. The van der Waals surface area contributed by atoms with Crippen LogP contribution in [0.3, 0.4) is 0 Å². The first-order chi connectivity index (χ1) is 7.14. The molecular formula is C11H24OS2Si. The van der Waals surface area contributed by atoms with Crippen molar-refractivity contribution in [2.75, 3.05) is 16.9 Å². The monoisotopic (exact) mass is 264 g/mol. The van der Waals surface area contributed by atoms with Crippen LogP contribution in [-0.4, -0.2) is 29.2 Å². The van der Waals surface area contributed by atoms with E-state index in [2.05, 4.69) is 27.4 Å². The van der Waals surface area contributed by atoms with Crippen molar-refractivity contribution in [3.63, 3.8) is 0 Å². The first-order valence-corrected chi connectivity index (χ1v) is 11.1. The van der Waals surface area contributed by atoms with Crippen LogP contribution in [0.2, 0.25) is 18.1 Å². The molecule has 0 aromatic carbocycles. The van der Waals surface area contributed by atoms with Gasteiger partial charge in [0.25, 0.3) is 0 Å². The van der Waals surface area contributed by atoms with E-state index in [4.69, 9.17) is 0 Å². The third-order valence-electron chi connectivity index (χ3n) is 3.27. The Kier molecular flexibility index (Phi) is 8.85. The Hall–Kier alpha value is 0.457. The Morgan fingerprint density at radius 3 is 2.20 bits per heavy atom. The molecule has 0 radical (unpaired) electrons. The van der Waals surface area contributed by atoms with Gasteiger partial charge in [-0.25, -0.2) is 0 Å². The van der Waals surface area contributed by atoms with Gasteiger partial charge in [0, 0.05) is 22.3 Å². The van der Waals surface area contributed by atoms with Crippen molar-refractivity contribution in [3.05, 3.63) is 12.0 Å². The fourth-order valence-electron chi connectivity index (χ4n) is 1.57. The van der Waals surface area contributed by atoms with Crippen LogP contribution in [0.5, 0.6) is 0 Å². The van der Waals surface area contributed by atoms with Crippen LogP contribution < -0.4 is 0 Å². The summed E-state index contributed by atoms with van der Waals surface area (Å²) in [5.74, 6) is 1.79. The minimum atomic E-state index is -0.961. The fraction of sp³-hybridized carbons (Fsp3) is 0.818. The molecule has 1 atom stereocenters. The van der Waals surface area contributed by atoms with Crippen LogP contribution in [0.4, 0.5) is 0 Å². The normalized spacial score (nSPS) is 13.8. The zero-order valence-electron chi connectivity index (χ0n) is 10.3. The third-order valence-corrected chi connectivity index (χ3v) is 12.8. The molecule has 0 saturated heterocycles. The molecule has 0 N–H and O–H groups in total. The summed E-state index contributed by atoms with van der Waals surface area (Å²) >= 11 is 2.00. The van der Waals surface area contributed by atoms with E-state index in [1.54, 1.807) is 5.41 Å². The fourth-order valence-corrected chi connectivity index (χ4v) is 9.12. The molecule has 0 aromatic heterocycles. The zero-order chi connectivity index (χ0) is 11.7. The second-order valence-corrected chi connectivity index (χ2v) is 12.5. The number of hydrogen-bond donors (Lipinski definition) is 0. The van der Waals surface area contributed by atoms with Gasteiger partial charge in [0.15, 0.2) is 0 Å². The summed E-state index contributed by atoms with van der Waals surface area (Å²) in [6.07, 6.45) is 0. The summed E-state index contributed by atoms with van der Waals surface area (Å²) in [5, 5.41) is 2.88. The van der Waals surface area contributed by atoms with Crippen molar-refractivity contribution in [2.45, 2.75) is 38.9 Å². The van der Waals surface area contributed by atoms with E-state index in [-0.39, 0.29) is 0 Å². The van der Waals surface area contributed by atoms with Crippen molar-refractivity contribution in [2.24, 2.45) is 0 Å². The van der Waals surface area contributed by atoms with Crippen LogP contribution in [0.25, 0.3) is 0 Å². The Labute approximate surface area is 103 Å². The van der Waals surface area contributed by atoms with Crippen molar-refractivity contribution < 1.29 is 4.21 Å². The van der Waals surface area contributed by atoms with Gasteiger partial charge >= 0.3 is 0 Å². The van der Waals surface area contributed by atoms with Gasteiger partial charge in [-0.3, -0.25) is 4.21 Å². The largest absolute Gasteiger partial charge is 0.255 e. The molecule has 0 bridgehead atoms. The molecule has 15 heavy (non-hydrogen) atoms. The summed E-state index contributed by atoms with van der Waals surface area (Å²) in [4.78, 5) is 0. The van der Waals surface area contributed by atoms with Crippen LogP contribution in [-0.2, 0) is 10.8 Å². The summed E-state index contributed by atoms with van der Waals surface area (Å²) in [6, 6.07) is 4.16. The summed E-state index contributed by atoms with van der Waals surface area (Å²) in [6.45, 7) is 10.5. The Bertz CT molecular complexity index is 194. The molecule has 0 saturated carbocycles. The zero-order valence-corrected chi connectivity index (χ0v) is 12.9. The maximum atomic E-state index is 11.1. The van der Waals surface area contributed by atoms with E-state index in [1.807, 2.05) is 11.8 Å². The molecule has 90 valence electrons. The second-order valence-electron chi connectivity index (χ2n) is 3.86. The van der Waals surface area contributed by atoms with Crippen molar-refractivity contribution in [1.82, 2.24) is 0 Å². The van der Waals surface area contributed by atoms with Crippen LogP contribution in [0.1, 0.15) is 20.8 Å². The van der Waals surface area contributed by atoms with Gasteiger partial charge in [-0.05, 0) is 10.8 Å². The minimum Gasteiger partial charge on any atom is -0.255 e. The maximum absolute atomic E-state index is 11.1. The lowest BCUT2D eigenvalue weighted by Gasteiger charge is -2.27. The predicted molar refractivity (Wildman–Crippen MR) is 77.7 cm³/mol. The van der Waals surface area contributed by atoms with Gasteiger partial charge in [0.2, 0.25) is 0 Å². The van der Waals surface area contributed by atoms with Gasteiger partial charge in [-0.15, -0.1) is 0 Å². The highest BCUT2D eigenvalue weighted by Crippen LogP contribution is 2.24. The highest BCUT2D eigenvalue weighted by molar-refractivity contribution is 8.01. The van der Waals surface area contributed by atoms with Crippen molar-refractivity contribution in [3.8, 4) is 0 Å². The third kappa shape index (κ3) is 5.93. The summed E-state index contributed by atoms with van der Waals surface area (Å²) in [5.41, 5.74) is 0. The summed E-state index contributed by atoms with van der Waals surface area (Å²) in [7, 11) is -1.76. The maximum Gasteiger partial charge on any atom is 0.0631 e. The van der Waals surface area contributed by atoms with E-state index in [0.717, 1.165) is 11.5 Å². The molecular weight excluding hydrogens is 240 g/mol. The number of hydrogen-bond acceptors (Lipinski definition) is 2. The molecule has 0 amide bonds. The van der Waals surface area contributed by atoms with Crippen LogP contribution in [0, 0.1) is 0 Å². The molecule has 0 spiro atoms. The topological polar surface area (TPSA) is 17.1 Å². The number of rotatable bonds is 9. The molecule has 1 unspecified atom stereocenters. The van der Waals surface area contributed by atoms with Crippen LogP contribution in [0.15, 0.2) is 12.0 Å². The molecule has 0 fully saturated rings. The van der Waals surface area contributed by atoms with E-state index in [9.17, 15) is 4.21 Å². The Morgan fingerprint density at radius 1 is 1.27 bits per heavy atom. The molecule has 4 heteroatoms. The SMILES string of the molecule is C=CS(=O)CCSC[Si](CC)(CC)CC. The van der Waals surface area contributed by atoms with E-state index >= 15 is 0 Å². The van der Waals surface area contributed by atoms with Gasteiger partial charge in [0.05, 0.1) is 8.07 Å². The lowest BCUT2D eigenvalue weighted by molar-refractivity contribution is 0.689. The van der Waals surface area contributed by atoms with E-state index < -0.39 is 18.9 Å². The first-order valence-electron chi connectivity index (χ1n) is 5.71. The lowest BCUT2D eigenvalue weighted by Crippen LogP contribution is -2.35. The molecule has 1 nitrogen and oxygen atoms in total. The van der Waals surface area contributed by atoms with Gasteiger partial charge in [-0.1, -0.05) is 45.5 Å². The highest BCUT2D eigenvalue weighted by Gasteiger charge is 2.25. The number of thioether (sulfide) groups is 1. The average molecular weight is 265 g/mol. The van der Waals surface area contributed by atoms with Gasteiger partial charge in [0.1, 0.15) is 0 Å². The molecule has 0 aromatic rings. The molecule has 0 aliphatic carbocycles. The van der Waals surface area contributed by atoms with E-state index in [0.29, 0.717) is 0 Å². The average Bonchev–Trinajstić information content (AvgIpc) is 2.30. The van der Waals surface area contributed by atoms with Gasteiger partial charge in [-0.2, -0.15) is 11.8 Å². The quantitative estimate of drug-likeness (QED) is 0.467. The first kappa shape index (κ1) is 15.5. The molecule has 0 rings (SSSR count). The van der Waals surface area contributed by atoms with Crippen molar-refractivity contribution >= 4 is 30.6 Å². The van der Waals surface area contributed by atoms with E-state index in [1.165, 1.54) is 23.5 Å². The Balaban J connectivity index is 3.81. The van der Waals surface area contributed by atoms with Crippen molar-refractivity contribution in [1.29, 1.82) is 0 Å². The van der Waals surface area contributed by atoms with Crippen LogP contribution >= 0.6 is 11.8 Å². The highest BCUT2D eigenvalue weighted by atomic mass is 32.2. The Morgan fingerprint density at radius 2 is 1.80 bits per heavy atom. The standard InChI is InChI=1S/C11H24OS2Si/c1-5-14(12)10-9-13-11-15(6-2,7-3)8-4/h5H,1,6-11H2,2-4H3. The summed E-state index contributed by atoms with van der Waals surface area (Å²) < 4.78 is 11.1.